The molecule has 4 nitrogen and oxygen atoms in total. The Bertz CT molecular complexity index is 320. The summed E-state index contributed by atoms with van der Waals surface area (Å²) in [6.45, 7) is 1.80. The summed E-state index contributed by atoms with van der Waals surface area (Å²) >= 11 is 3.90. The standard InChI is InChI=1S/C9H14N2O2S/c1-5-2-6(3-11-9(5)10)8(13)7(12)4-14/h2-3,7-8,12-14H,4H2,1H3,(H2,10,11). The largest absolute Gasteiger partial charge is 0.389 e. The van der Waals surface area contributed by atoms with Gasteiger partial charge in [-0.3, -0.25) is 0 Å². The maximum absolute atomic E-state index is 9.62. The van der Waals surface area contributed by atoms with E-state index >= 15 is 0 Å². The molecule has 4 N–H and O–H groups in total. The highest BCUT2D eigenvalue weighted by Gasteiger charge is 2.17. The molecular weight excluding hydrogens is 200 g/mol. The number of rotatable bonds is 3. The molecule has 1 heterocycles. The van der Waals surface area contributed by atoms with Gasteiger partial charge >= 0.3 is 0 Å². The zero-order chi connectivity index (χ0) is 10.7. The predicted octanol–water partition coefficient (Wildman–Crippen LogP) is 0.296. The first-order valence-corrected chi connectivity index (χ1v) is 4.88. The number of nitrogens with zero attached hydrogens (tertiary/aromatic N) is 1. The molecule has 0 aromatic carbocycles. The SMILES string of the molecule is Cc1cc(C(O)C(O)CS)cnc1N. The maximum atomic E-state index is 9.62. The molecule has 0 amide bonds. The number of aromatic nitrogens is 1. The van der Waals surface area contributed by atoms with Crippen LogP contribution in [0.5, 0.6) is 0 Å². The van der Waals surface area contributed by atoms with Gasteiger partial charge in [0.1, 0.15) is 11.9 Å². The second-order valence-corrected chi connectivity index (χ2v) is 3.53. The summed E-state index contributed by atoms with van der Waals surface area (Å²) in [5.41, 5.74) is 6.87. The van der Waals surface area contributed by atoms with Crippen molar-refractivity contribution in [2.75, 3.05) is 11.5 Å². The number of aliphatic hydroxyl groups is 2. The summed E-state index contributed by atoms with van der Waals surface area (Å²) in [6, 6.07) is 1.71. The van der Waals surface area contributed by atoms with Gasteiger partial charge in [-0.1, -0.05) is 0 Å². The van der Waals surface area contributed by atoms with Crippen LogP contribution in [0.4, 0.5) is 5.82 Å². The van der Waals surface area contributed by atoms with Crippen LogP contribution in [-0.2, 0) is 0 Å². The number of hydrogen-bond acceptors (Lipinski definition) is 5. The highest BCUT2D eigenvalue weighted by molar-refractivity contribution is 7.80. The molecule has 78 valence electrons. The molecule has 0 aliphatic carbocycles. The Morgan fingerprint density at radius 1 is 1.57 bits per heavy atom. The van der Waals surface area contributed by atoms with E-state index in [0.717, 1.165) is 5.56 Å². The number of pyridine rings is 1. The zero-order valence-corrected chi connectivity index (χ0v) is 8.78. The van der Waals surface area contributed by atoms with Crippen LogP contribution in [0.2, 0.25) is 0 Å². The first-order chi connectivity index (χ1) is 6.56. The van der Waals surface area contributed by atoms with Gasteiger partial charge in [0.25, 0.3) is 0 Å². The summed E-state index contributed by atoms with van der Waals surface area (Å²) in [5, 5.41) is 19.0. The van der Waals surface area contributed by atoms with Gasteiger partial charge in [-0.05, 0) is 18.6 Å². The summed E-state index contributed by atoms with van der Waals surface area (Å²) in [6.07, 6.45) is -0.387. The molecule has 0 bridgehead atoms. The number of aliphatic hydroxyl groups excluding tert-OH is 2. The Labute approximate surface area is 88.2 Å². The van der Waals surface area contributed by atoms with Gasteiger partial charge in [0, 0.05) is 17.5 Å². The van der Waals surface area contributed by atoms with Crippen LogP contribution in [0.1, 0.15) is 17.2 Å². The Morgan fingerprint density at radius 2 is 2.21 bits per heavy atom. The van der Waals surface area contributed by atoms with Gasteiger partial charge in [-0.15, -0.1) is 0 Å². The summed E-state index contributed by atoms with van der Waals surface area (Å²) in [5.74, 6) is 0.631. The average molecular weight is 214 g/mol. The molecule has 0 aliphatic rings. The summed E-state index contributed by atoms with van der Waals surface area (Å²) < 4.78 is 0. The van der Waals surface area contributed by atoms with Gasteiger partial charge in [0.15, 0.2) is 0 Å². The number of hydrogen-bond donors (Lipinski definition) is 4. The van der Waals surface area contributed by atoms with Crippen molar-refractivity contribution in [3.8, 4) is 0 Å². The fourth-order valence-corrected chi connectivity index (χ4v) is 1.29. The van der Waals surface area contributed by atoms with E-state index in [9.17, 15) is 10.2 Å². The molecular formula is C9H14N2O2S. The number of nitrogen functional groups attached to an aromatic ring is 1. The monoisotopic (exact) mass is 214 g/mol. The van der Waals surface area contributed by atoms with Gasteiger partial charge in [0.05, 0.1) is 6.10 Å². The second kappa shape index (κ2) is 4.63. The van der Waals surface area contributed by atoms with Crippen molar-refractivity contribution >= 4 is 18.4 Å². The number of thiol groups is 1. The van der Waals surface area contributed by atoms with Crippen LogP contribution in [0, 0.1) is 6.92 Å². The molecule has 2 unspecified atom stereocenters. The van der Waals surface area contributed by atoms with E-state index in [0.29, 0.717) is 11.4 Å². The first-order valence-electron chi connectivity index (χ1n) is 4.25. The zero-order valence-electron chi connectivity index (χ0n) is 7.88. The molecule has 1 aromatic rings. The molecule has 0 aliphatic heterocycles. The third-order valence-corrected chi connectivity index (χ3v) is 2.41. The van der Waals surface area contributed by atoms with Crippen molar-refractivity contribution < 1.29 is 10.2 Å². The Balaban J connectivity index is 2.91. The lowest BCUT2D eigenvalue weighted by Gasteiger charge is -2.16. The van der Waals surface area contributed by atoms with Crippen molar-refractivity contribution in [2.45, 2.75) is 19.1 Å². The summed E-state index contributed by atoms with van der Waals surface area (Å²) in [7, 11) is 0. The number of nitrogens with two attached hydrogens (primary N) is 1. The van der Waals surface area contributed by atoms with Gasteiger partial charge in [-0.25, -0.2) is 4.98 Å². The maximum Gasteiger partial charge on any atom is 0.126 e. The van der Waals surface area contributed by atoms with Gasteiger partial charge in [0.2, 0.25) is 0 Å². The number of anilines is 1. The minimum absolute atomic E-state index is 0.199. The smallest absolute Gasteiger partial charge is 0.126 e. The minimum Gasteiger partial charge on any atom is -0.389 e. The van der Waals surface area contributed by atoms with E-state index in [4.69, 9.17) is 5.73 Å². The predicted molar refractivity (Wildman–Crippen MR) is 58.2 cm³/mol. The average Bonchev–Trinajstić information content (AvgIpc) is 2.20. The van der Waals surface area contributed by atoms with Crippen LogP contribution in [0.3, 0.4) is 0 Å². The molecule has 0 spiro atoms. The van der Waals surface area contributed by atoms with Crippen molar-refractivity contribution in [1.29, 1.82) is 0 Å². The number of aryl methyl sites for hydroxylation is 1. The van der Waals surface area contributed by atoms with E-state index in [1.165, 1.54) is 6.20 Å². The molecule has 1 aromatic heterocycles. The van der Waals surface area contributed by atoms with Crippen molar-refractivity contribution in [3.63, 3.8) is 0 Å². The lowest BCUT2D eigenvalue weighted by Crippen LogP contribution is -2.20. The minimum atomic E-state index is -0.959. The van der Waals surface area contributed by atoms with E-state index in [2.05, 4.69) is 17.6 Å². The van der Waals surface area contributed by atoms with Crippen LogP contribution >= 0.6 is 12.6 Å². The van der Waals surface area contributed by atoms with Gasteiger partial charge < -0.3 is 15.9 Å². The first kappa shape index (κ1) is 11.3. The van der Waals surface area contributed by atoms with Gasteiger partial charge in [-0.2, -0.15) is 12.6 Å². The van der Waals surface area contributed by atoms with Crippen LogP contribution < -0.4 is 5.73 Å². The van der Waals surface area contributed by atoms with E-state index < -0.39 is 12.2 Å². The molecule has 2 atom stereocenters. The lowest BCUT2D eigenvalue weighted by molar-refractivity contribution is 0.0335. The molecule has 0 radical (unpaired) electrons. The molecule has 1 rings (SSSR count). The van der Waals surface area contributed by atoms with E-state index in [-0.39, 0.29) is 5.75 Å². The fourth-order valence-electron chi connectivity index (χ4n) is 1.09. The molecule has 0 saturated carbocycles. The molecule has 5 heteroatoms. The van der Waals surface area contributed by atoms with Crippen molar-refractivity contribution in [1.82, 2.24) is 4.98 Å². The third kappa shape index (κ3) is 2.37. The second-order valence-electron chi connectivity index (χ2n) is 3.17. The van der Waals surface area contributed by atoms with Crippen LogP contribution in [0.25, 0.3) is 0 Å². The van der Waals surface area contributed by atoms with Crippen LogP contribution in [0.15, 0.2) is 12.3 Å². The summed E-state index contributed by atoms with van der Waals surface area (Å²) in [4.78, 5) is 3.90. The van der Waals surface area contributed by atoms with Crippen LogP contribution in [-0.4, -0.2) is 27.1 Å². The Kier molecular flexibility index (Phi) is 3.74. The molecule has 0 saturated heterocycles. The Hall–Kier alpha value is -0.780. The van der Waals surface area contributed by atoms with Crippen molar-refractivity contribution in [2.24, 2.45) is 0 Å². The lowest BCUT2D eigenvalue weighted by atomic mass is 10.1. The highest BCUT2D eigenvalue weighted by atomic mass is 32.1. The molecule has 14 heavy (non-hydrogen) atoms. The highest BCUT2D eigenvalue weighted by Crippen LogP contribution is 2.19. The van der Waals surface area contributed by atoms with E-state index in [1.807, 2.05) is 0 Å². The topological polar surface area (TPSA) is 79.4 Å². The molecule has 0 fully saturated rings. The Morgan fingerprint density at radius 3 is 2.71 bits per heavy atom. The van der Waals surface area contributed by atoms with Crippen molar-refractivity contribution in [3.05, 3.63) is 23.4 Å². The van der Waals surface area contributed by atoms with E-state index in [1.54, 1.807) is 13.0 Å². The normalized spacial score (nSPS) is 15.1. The third-order valence-electron chi connectivity index (χ3n) is 2.03. The fraction of sp³-hybridized carbons (Fsp3) is 0.444. The quantitative estimate of drug-likeness (QED) is 0.546.